The molecule has 0 aliphatic rings. The van der Waals surface area contributed by atoms with E-state index in [1.54, 1.807) is 12.4 Å². The average molecular weight is 240 g/mol. The van der Waals surface area contributed by atoms with E-state index in [0.29, 0.717) is 6.54 Å². The molecule has 0 spiro atoms. The number of alkyl halides is 2. The lowest BCUT2D eigenvalue weighted by atomic mass is 10.4. The van der Waals surface area contributed by atoms with Crippen LogP contribution in [-0.2, 0) is 20.1 Å². The third kappa shape index (κ3) is 3.05. The molecule has 4 nitrogen and oxygen atoms in total. The quantitative estimate of drug-likeness (QED) is 0.868. The first-order chi connectivity index (χ1) is 8.15. The molecule has 0 amide bonds. The standard InChI is InChI=1S/C11H14F2N4/c1-16-4-2-3-10(16)6-14-9-5-15-17(7-9)8-11(12)13/h2-5,7,11,14H,6,8H2,1H3. The molecule has 2 aromatic rings. The number of nitrogens with zero attached hydrogens (tertiary/aromatic N) is 3. The van der Waals surface area contributed by atoms with Crippen LogP contribution in [0.2, 0.25) is 0 Å². The monoisotopic (exact) mass is 240 g/mol. The first-order valence-electron chi connectivity index (χ1n) is 5.30. The molecule has 1 N–H and O–H groups in total. The van der Waals surface area contributed by atoms with E-state index < -0.39 is 6.43 Å². The smallest absolute Gasteiger partial charge is 0.257 e. The van der Waals surface area contributed by atoms with Crippen LogP contribution in [-0.4, -0.2) is 20.8 Å². The Morgan fingerprint density at radius 3 is 2.94 bits per heavy atom. The summed E-state index contributed by atoms with van der Waals surface area (Å²) in [6.07, 6.45) is 2.70. The van der Waals surface area contributed by atoms with Gasteiger partial charge in [-0.1, -0.05) is 0 Å². The van der Waals surface area contributed by atoms with Crippen LogP contribution in [0.15, 0.2) is 30.7 Å². The lowest BCUT2D eigenvalue weighted by Crippen LogP contribution is -2.06. The van der Waals surface area contributed by atoms with Crippen molar-refractivity contribution < 1.29 is 8.78 Å². The van der Waals surface area contributed by atoms with E-state index in [4.69, 9.17) is 0 Å². The number of aromatic nitrogens is 3. The number of hydrogen-bond donors (Lipinski definition) is 1. The first-order valence-corrected chi connectivity index (χ1v) is 5.30. The van der Waals surface area contributed by atoms with Crippen molar-refractivity contribution in [2.45, 2.75) is 19.5 Å². The van der Waals surface area contributed by atoms with Gasteiger partial charge in [-0.25, -0.2) is 8.78 Å². The normalized spacial score (nSPS) is 11.1. The summed E-state index contributed by atoms with van der Waals surface area (Å²) in [5, 5.41) is 6.98. The fourth-order valence-electron chi connectivity index (χ4n) is 1.57. The van der Waals surface area contributed by atoms with Crippen molar-refractivity contribution in [3.63, 3.8) is 0 Å². The van der Waals surface area contributed by atoms with Crippen LogP contribution >= 0.6 is 0 Å². The molecular weight excluding hydrogens is 226 g/mol. The summed E-state index contributed by atoms with van der Waals surface area (Å²) in [5.74, 6) is 0. The van der Waals surface area contributed by atoms with Crippen molar-refractivity contribution in [3.05, 3.63) is 36.4 Å². The van der Waals surface area contributed by atoms with Gasteiger partial charge in [0.2, 0.25) is 0 Å². The number of aryl methyl sites for hydroxylation is 1. The van der Waals surface area contributed by atoms with Crippen LogP contribution in [0.5, 0.6) is 0 Å². The van der Waals surface area contributed by atoms with Gasteiger partial charge >= 0.3 is 0 Å². The molecule has 0 aromatic carbocycles. The minimum Gasteiger partial charge on any atom is -0.377 e. The molecule has 17 heavy (non-hydrogen) atoms. The average Bonchev–Trinajstić information content (AvgIpc) is 2.84. The summed E-state index contributed by atoms with van der Waals surface area (Å²) in [6.45, 7) is 0.274. The summed E-state index contributed by atoms with van der Waals surface area (Å²) >= 11 is 0. The predicted octanol–water partition coefficient (Wildman–Crippen LogP) is 2.10. The molecule has 2 rings (SSSR count). The largest absolute Gasteiger partial charge is 0.377 e. The maximum Gasteiger partial charge on any atom is 0.257 e. The van der Waals surface area contributed by atoms with E-state index in [2.05, 4.69) is 10.4 Å². The molecule has 6 heteroatoms. The summed E-state index contributed by atoms with van der Waals surface area (Å²) in [5.41, 5.74) is 1.86. The van der Waals surface area contributed by atoms with Gasteiger partial charge in [-0.05, 0) is 12.1 Å². The molecule has 0 bridgehead atoms. The number of nitrogens with one attached hydrogen (secondary N) is 1. The van der Waals surface area contributed by atoms with Crippen LogP contribution in [0.3, 0.4) is 0 Å². The zero-order valence-electron chi connectivity index (χ0n) is 9.48. The minimum absolute atomic E-state index is 0.369. The summed E-state index contributed by atoms with van der Waals surface area (Å²) < 4.78 is 27.4. The Balaban J connectivity index is 1.91. The third-order valence-electron chi connectivity index (χ3n) is 2.48. The molecule has 0 atom stereocenters. The van der Waals surface area contributed by atoms with E-state index in [1.165, 1.54) is 4.68 Å². The van der Waals surface area contributed by atoms with Crippen LogP contribution < -0.4 is 5.32 Å². The van der Waals surface area contributed by atoms with Crippen molar-refractivity contribution >= 4 is 5.69 Å². The lowest BCUT2D eigenvalue weighted by molar-refractivity contribution is 0.122. The number of rotatable bonds is 5. The molecule has 2 aromatic heterocycles. The Bertz CT molecular complexity index is 475. The van der Waals surface area contributed by atoms with Gasteiger partial charge in [-0.3, -0.25) is 4.68 Å². The zero-order chi connectivity index (χ0) is 12.3. The Labute approximate surface area is 97.9 Å². The zero-order valence-corrected chi connectivity index (χ0v) is 9.48. The Morgan fingerprint density at radius 1 is 1.47 bits per heavy atom. The molecule has 0 aliphatic heterocycles. The van der Waals surface area contributed by atoms with Crippen molar-refractivity contribution in [1.29, 1.82) is 0 Å². The van der Waals surface area contributed by atoms with E-state index in [-0.39, 0.29) is 6.54 Å². The van der Waals surface area contributed by atoms with Crippen LogP contribution in [0.25, 0.3) is 0 Å². The first kappa shape index (κ1) is 11.6. The molecule has 2 heterocycles. The van der Waals surface area contributed by atoms with Gasteiger partial charge in [0.05, 0.1) is 18.4 Å². The summed E-state index contributed by atoms with van der Waals surface area (Å²) in [4.78, 5) is 0. The highest BCUT2D eigenvalue weighted by atomic mass is 19.3. The highest BCUT2D eigenvalue weighted by Crippen LogP contribution is 2.09. The molecular formula is C11H14F2N4. The Morgan fingerprint density at radius 2 is 2.29 bits per heavy atom. The number of halogens is 2. The van der Waals surface area contributed by atoms with Crippen LogP contribution in [0.1, 0.15) is 5.69 Å². The van der Waals surface area contributed by atoms with Crippen LogP contribution in [0, 0.1) is 0 Å². The molecule has 0 radical (unpaired) electrons. The second-order valence-corrected chi connectivity index (χ2v) is 3.81. The highest BCUT2D eigenvalue weighted by molar-refractivity contribution is 5.38. The lowest BCUT2D eigenvalue weighted by Gasteiger charge is -2.04. The Hall–Kier alpha value is -1.85. The fourth-order valence-corrected chi connectivity index (χ4v) is 1.57. The van der Waals surface area contributed by atoms with Crippen LogP contribution in [0.4, 0.5) is 14.5 Å². The Kier molecular flexibility index (Phi) is 3.41. The fraction of sp³-hybridized carbons (Fsp3) is 0.364. The van der Waals surface area contributed by atoms with E-state index in [0.717, 1.165) is 11.4 Å². The van der Waals surface area contributed by atoms with Gasteiger partial charge < -0.3 is 9.88 Å². The van der Waals surface area contributed by atoms with Gasteiger partial charge in [0.25, 0.3) is 6.43 Å². The topological polar surface area (TPSA) is 34.8 Å². The molecule has 92 valence electrons. The van der Waals surface area contributed by atoms with E-state index >= 15 is 0 Å². The van der Waals surface area contributed by atoms with Gasteiger partial charge in [-0.15, -0.1) is 0 Å². The van der Waals surface area contributed by atoms with Crippen molar-refractivity contribution in [3.8, 4) is 0 Å². The molecule has 0 saturated heterocycles. The van der Waals surface area contributed by atoms with Gasteiger partial charge in [0, 0.05) is 25.1 Å². The van der Waals surface area contributed by atoms with E-state index in [9.17, 15) is 8.78 Å². The van der Waals surface area contributed by atoms with Crippen molar-refractivity contribution in [2.75, 3.05) is 5.32 Å². The molecule has 0 saturated carbocycles. The third-order valence-corrected chi connectivity index (χ3v) is 2.48. The highest BCUT2D eigenvalue weighted by Gasteiger charge is 2.05. The van der Waals surface area contributed by atoms with Crippen molar-refractivity contribution in [1.82, 2.24) is 14.3 Å². The maximum atomic E-state index is 12.1. The number of anilines is 1. The number of hydrogen-bond acceptors (Lipinski definition) is 2. The maximum absolute atomic E-state index is 12.1. The second kappa shape index (κ2) is 4.99. The van der Waals surface area contributed by atoms with Crippen molar-refractivity contribution in [2.24, 2.45) is 7.05 Å². The molecule has 0 unspecified atom stereocenters. The summed E-state index contributed by atoms with van der Waals surface area (Å²) in [7, 11) is 1.96. The SMILES string of the molecule is Cn1cccc1CNc1cnn(CC(F)F)c1. The molecule has 0 aliphatic carbocycles. The van der Waals surface area contributed by atoms with Gasteiger partial charge in [0.1, 0.15) is 6.54 Å². The second-order valence-electron chi connectivity index (χ2n) is 3.81. The molecule has 0 fully saturated rings. The van der Waals surface area contributed by atoms with Gasteiger partial charge in [0.15, 0.2) is 0 Å². The minimum atomic E-state index is -2.38. The predicted molar refractivity (Wildman–Crippen MR) is 61.0 cm³/mol. The van der Waals surface area contributed by atoms with E-state index in [1.807, 2.05) is 29.9 Å². The summed E-state index contributed by atoms with van der Waals surface area (Å²) in [6, 6.07) is 3.95. The van der Waals surface area contributed by atoms with Gasteiger partial charge in [-0.2, -0.15) is 5.10 Å².